The Bertz CT molecular complexity index is 698. The van der Waals surface area contributed by atoms with Crippen LogP contribution in [0.25, 0.3) is 0 Å². The van der Waals surface area contributed by atoms with Crippen LogP contribution in [-0.2, 0) is 11.3 Å². The van der Waals surface area contributed by atoms with Gasteiger partial charge in [-0.15, -0.1) is 0 Å². The molecular formula is C18H22FN5O. The largest absolute Gasteiger partial charge is 0.371 e. The Morgan fingerprint density at radius 3 is 2.96 bits per heavy atom. The molecule has 25 heavy (non-hydrogen) atoms. The molecule has 2 atom stereocenters. The molecule has 4 rings (SSSR count). The van der Waals surface area contributed by atoms with Gasteiger partial charge in [-0.05, 0) is 31.5 Å². The molecule has 2 aromatic heterocycles. The minimum atomic E-state index is -0.429. The number of aromatic nitrogens is 3. The maximum Gasteiger partial charge on any atom is 0.223 e. The number of rotatable bonds is 4. The van der Waals surface area contributed by atoms with Crippen molar-refractivity contribution in [2.75, 3.05) is 25.0 Å². The molecule has 2 fully saturated rings. The molecule has 0 bridgehead atoms. The first kappa shape index (κ1) is 16.4. The molecule has 0 aliphatic carbocycles. The summed E-state index contributed by atoms with van der Waals surface area (Å²) >= 11 is 0. The highest BCUT2D eigenvalue weighted by Crippen LogP contribution is 2.35. The van der Waals surface area contributed by atoms with Gasteiger partial charge in [0.2, 0.25) is 5.95 Å². The predicted molar refractivity (Wildman–Crippen MR) is 91.4 cm³/mol. The molecule has 2 aliphatic heterocycles. The summed E-state index contributed by atoms with van der Waals surface area (Å²) in [5, 5.41) is 3.26. The first-order chi connectivity index (χ1) is 12.2. The maximum absolute atomic E-state index is 12.9. The summed E-state index contributed by atoms with van der Waals surface area (Å²) in [6.45, 7) is 3.45. The summed E-state index contributed by atoms with van der Waals surface area (Å²) < 4.78 is 19.1. The lowest BCUT2D eigenvalue weighted by Crippen LogP contribution is -2.47. The number of anilines is 1. The molecule has 4 heterocycles. The molecular weight excluding hydrogens is 321 g/mol. The van der Waals surface area contributed by atoms with Crippen LogP contribution >= 0.6 is 0 Å². The van der Waals surface area contributed by atoms with Crippen molar-refractivity contribution in [3.63, 3.8) is 0 Å². The third-order valence-corrected chi connectivity index (χ3v) is 4.89. The Labute approximate surface area is 146 Å². The second-order valence-electron chi connectivity index (χ2n) is 6.90. The van der Waals surface area contributed by atoms with Crippen LogP contribution in [0.4, 0.5) is 10.3 Å². The Morgan fingerprint density at radius 2 is 2.16 bits per heavy atom. The van der Waals surface area contributed by atoms with Gasteiger partial charge in [0.15, 0.2) is 5.82 Å². The van der Waals surface area contributed by atoms with Crippen molar-refractivity contribution in [2.24, 2.45) is 0 Å². The third kappa shape index (κ3) is 3.93. The van der Waals surface area contributed by atoms with Crippen LogP contribution in [0.2, 0.25) is 0 Å². The van der Waals surface area contributed by atoms with Crippen LogP contribution < -0.4 is 5.32 Å². The van der Waals surface area contributed by atoms with E-state index in [4.69, 9.17) is 4.74 Å². The molecule has 2 aromatic rings. The number of nitrogens with one attached hydrogen (secondary N) is 1. The molecule has 6 nitrogen and oxygen atoms in total. The van der Waals surface area contributed by atoms with E-state index in [-0.39, 0.29) is 11.6 Å². The SMILES string of the molecule is Fc1cnc(N[C@H]2CO[C@]3(CCCN(Cc4ccccn4)C3)C2)nc1. The van der Waals surface area contributed by atoms with Gasteiger partial charge in [0.05, 0.1) is 36.3 Å². The first-order valence-electron chi connectivity index (χ1n) is 8.71. The smallest absolute Gasteiger partial charge is 0.223 e. The normalized spacial score (nSPS) is 26.8. The highest BCUT2D eigenvalue weighted by atomic mass is 19.1. The molecule has 0 amide bonds. The Hall–Kier alpha value is -2.12. The van der Waals surface area contributed by atoms with Crippen molar-refractivity contribution in [3.05, 3.63) is 48.3 Å². The summed E-state index contributed by atoms with van der Waals surface area (Å²) in [5.41, 5.74) is 0.969. The van der Waals surface area contributed by atoms with Crippen LogP contribution in [0.3, 0.4) is 0 Å². The molecule has 0 unspecified atom stereocenters. The summed E-state index contributed by atoms with van der Waals surface area (Å²) in [4.78, 5) is 14.8. The predicted octanol–water partition coefficient (Wildman–Crippen LogP) is 2.25. The van der Waals surface area contributed by atoms with Gasteiger partial charge in [-0.3, -0.25) is 9.88 Å². The molecule has 2 aliphatic rings. The van der Waals surface area contributed by atoms with E-state index in [9.17, 15) is 4.39 Å². The molecule has 2 saturated heterocycles. The van der Waals surface area contributed by atoms with Gasteiger partial charge in [0.1, 0.15) is 0 Å². The van der Waals surface area contributed by atoms with Crippen molar-refractivity contribution in [1.29, 1.82) is 0 Å². The van der Waals surface area contributed by atoms with Crippen LogP contribution in [0, 0.1) is 5.82 Å². The number of nitrogens with zero attached hydrogens (tertiary/aromatic N) is 4. The maximum atomic E-state index is 12.9. The van der Waals surface area contributed by atoms with Crippen molar-refractivity contribution >= 4 is 5.95 Å². The highest BCUT2D eigenvalue weighted by molar-refractivity contribution is 5.26. The number of hydrogen-bond acceptors (Lipinski definition) is 6. The van der Waals surface area contributed by atoms with Gasteiger partial charge in [-0.2, -0.15) is 0 Å². The zero-order valence-corrected chi connectivity index (χ0v) is 14.1. The number of pyridine rings is 1. The van der Waals surface area contributed by atoms with Crippen LogP contribution in [-0.4, -0.2) is 51.2 Å². The minimum Gasteiger partial charge on any atom is -0.371 e. The summed E-state index contributed by atoms with van der Waals surface area (Å²) in [7, 11) is 0. The Morgan fingerprint density at radius 1 is 1.28 bits per heavy atom. The molecule has 0 radical (unpaired) electrons. The standard InChI is InChI=1S/C18H22FN5O/c19-14-9-21-17(22-10-14)23-16-8-18(25-12-16)5-3-7-24(13-18)11-15-4-1-2-6-20-15/h1-2,4,6,9-10,16H,3,5,7-8,11-13H2,(H,21,22,23)/t16-,18-/m1/s1. The van der Waals surface area contributed by atoms with E-state index in [1.54, 1.807) is 0 Å². The molecule has 1 spiro atoms. The average Bonchev–Trinajstić information content (AvgIpc) is 3.00. The fourth-order valence-electron chi connectivity index (χ4n) is 3.84. The van der Waals surface area contributed by atoms with Crippen molar-refractivity contribution < 1.29 is 9.13 Å². The summed E-state index contributed by atoms with van der Waals surface area (Å²) in [6, 6.07) is 6.18. The molecule has 0 saturated carbocycles. The van der Waals surface area contributed by atoms with E-state index in [0.717, 1.165) is 44.6 Å². The van der Waals surface area contributed by atoms with E-state index >= 15 is 0 Å². The van der Waals surface area contributed by atoms with E-state index in [1.165, 1.54) is 12.4 Å². The summed E-state index contributed by atoms with van der Waals surface area (Å²) in [5.74, 6) is 0.0235. The Balaban J connectivity index is 1.36. The lowest BCUT2D eigenvalue weighted by atomic mass is 9.88. The summed E-state index contributed by atoms with van der Waals surface area (Å²) in [6.07, 6.45) is 7.28. The fourth-order valence-corrected chi connectivity index (χ4v) is 3.84. The first-order valence-corrected chi connectivity index (χ1v) is 8.71. The van der Waals surface area contributed by atoms with Gasteiger partial charge in [0, 0.05) is 25.7 Å². The second kappa shape index (κ2) is 7.01. The van der Waals surface area contributed by atoms with Crippen LogP contribution in [0.1, 0.15) is 25.0 Å². The van der Waals surface area contributed by atoms with Crippen molar-refractivity contribution in [2.45, 2.75) is 37.5 Å². The highest BCUT2D eigenvalue weighted by Gasteiger charge is 2.43. The number of piperidine rings is 1. The molecule has 1 N–H and O–H groups in total. The van der Waals surface area contributed by atoms with Crippen molar-refractivity contribution in [1.82, 2.24) is 19.9 Å². The monoisotopic (exact) mass is 343 g/mol. The number of likely N-dealkylation sites (tertiary alicyclic amines) is 1. The van der Waals surface area contributed by atoms with Crippen LogP contribution in [0.5, 0.6) is 0 Å². The zero-order valence-electron chi connectivity index (χ0n) is 14.1. The van der Waals surface area contributed by atoms with E-state index in [0.29, 0.717) is 12.6 Å². The zero-order chi connectivity index (χ0) is 17.1. The van der Waals surface area contributed by atoms with Gasteiger partial charge >= 0.3 is 0 Å². The number of hydrogen-bond donors (Lipinski definition) is 1. The molecule has 132 valence electrons. The Kier molecular flexibility index (Phi) is 4.59. The minimum absolute atomic E-state index is 0.120. The van der Waals surface area contributed by atoms with Gasteiger partial charge in [0.25, 0.3) is 0 Å². The lowest BCUT2D eigenvalue weighted by molar-refractivity contribution is -0.0535. The van der Waals surface area contributed by atoms with E-state index in [2.05, 4.69) is 31.2 Å². The van der Waals surface area contributed by atoms with Gasteiger partial charge in [-0.25, -0.2) is 14.4 Å². The number of ether oxygens (including phenoxy) is 1. The average molecular weight is 343 g/mol. The van der Waals surface area contributed by atoms with E-state index in [1.807, 2.05) is 18.3 Å². The second-order valence-corrected chi connectivity index (χ2v) is 6.90. The molecule has 7 heteroatoms. The lowest BCUT2D eigenvalue weighted by Gasteiger charge is -2.39. The van der Waals surface area contributed by atoms with Crippen LogP contribution in [0.15, 0.2) is 36.8 Å². The fraction of sp³-hybridized carbons (Fsp3) is 0.500. The van der Waals surface area contributed by atoms with Gasteiger partial charge in [-0.1, -0.05) is 6.07 Å². The third-order valence-electron chi connectivity index (χ3n) is 4.89. The number of halogens is 1. The quantitative estimate of drug-likeness (QED) is 0.919. The topological polar surface area (TPSA) is 63.2 Å². The molecule has 0 aromatic carbocycles. The van der Waals surface area contributed by atoms with E-state index < -0.39 is 5.82 Å². The van der Waals surface area contributed by atoms with Gasteiger partial charge < -0.3 is 10.1 Å². The van der Waals surface area contributed by atoms with Crippen molar-refractivity contribution in [3.8, 4) is 0 Å².